The number of aromatic nitrogens is 3. The minimum Gasteiger partial charge on any atom is -0.394 e. The van der Waals surface area contributed by atoms with E-state index < -0.39 is 43.0 Å². The molecule has 2 aliphatic heterocycles. The van der Waals surface area contributed by atoms with Crippen LogP contribution in [-0.4, -0.2) is 174 Å². The van der Waals surface area contributed by atoms with Crippen LogP contribution in [0.4, 0.5) is 0 Å². The van der Waals surface area contributed by atoms with Crippen LogP contribution < -0.4 is 21.3 Å². The van der Waals surface area contributed by atoms with Crippen molar-refractivity contribution in [2.24, 2.45) is 0 Å². The Morgan fingerprint density at radius 1 is 0.677 bits per heavy atom. The number of nitrogens with one attached hydrogen (secondary N) is 4. The van der Waals surface area contributed by atoms with Crippen LogP contribution in [0, 0.1) is 0 Å². The van der Waals surface area contributed by atoms with Gasteiger partial charge in [0, 0.05) is 77.1 Å². The van der Waals surface area contributed by atoms with Gasteiger partial charge in [0.1, 0.15) is 18.3 Å². The first-order chi connectivity index (χ1) is 30.0. The van der Waals surface area contributed by atoms with E-state index in [1.807, 2.05) is 0 Å². The molecule has 0 unspecified atom stereocenters. The molecule has 1 fully saturated rings. The van der Waals surface area contributed by atoms with Gasteiger partial charge in [-0.15, -0.1) is 5.10 Å². The summed E-state index contributed by atoms with van der Waals surface area (Å²) < 4.78 is 23.9. The fourth-order valence-corrected chi connectivity index (χ4v) is 6.82. The van der Waals surface area contributed by atoms with E-state index in [9.17, 15) is 44.1 Å². The molecule has 0 aromatic carbocycles. The lowest BCUT2D eigenvalue weighted by Gasteiger charge is -2.42. The van der Waals surface area contributed by atoms with Gasteiger partial charge in [0.05, 0.1) is 70.6 Å². The number of rotatable bonds is 34. The summed E-state index contributed by atoms with van der Waals surface area (Å²) in [5.74, 6) is -1.27. The van der Waals surface area contributed by atoms with Crippen molar-refractivity contribution in [3.8, 4) is 0 Å². The highest BCUT2D eigenvalue weighted by atomic mass is 16.5. The molecule has 2 aliphatic rings. The summed E-state index contributed by atoms with van der Waals surface area (Å²) >= 11 is 0. The molecule has 0 spiro atoms. The molecule has 0 radical (unpaired) electrons. The smallest absolute Gasteiger partial charge is 0.253 e. The molecule has 1 saturated heterocycles. The quantitative estimate of drug-likeness (QED) is 0.0317. The van der Waals surface area contributed by atoms with Crippen LogP contribution in [0.25, 0.3) is 0 Å². The Labute approximate surface area is 363 Å². The van der Waals surface area contributed by atoms with Crippen LogP contribution in [-0.2, 0) is 60.7 Å². The largest absolute Gasteiger partial charge is 0.394 e. The van der Waals surface area contributed by atoms with E-state index in [1.165, 1.54) is 19.1 Å². The van der Waals surface area contributed by atoms with E-state index in [0.717, 1.165) is 56.3 Å². The maximum Gasteiger partial charge on any atom is 0.253 e. The van der Waals surface area contributed by atoms with E-state index in [2.05, 4.69) is 31.6 Å². The zero-order chi connectivity index (χ0) is 45.0. The number of carbonyl (C=O) groups excluding carboxylic acids is 6. The summed E-state index contributed by atoms with van der Waals surface area (Å²) in [6, 6.07) is -0.887. The summed E-state index contributed by atoms with van der Waals surface area (Å²) in [5, 5.41) is 49.4. The number of carbonyl (C=O) groups is 6. The zero-order valence-corrected chi connectivity index (χ0v) is 36.0. The highest BCUT2D eigenvalue weighted by molar-refractivity contribution is 6.12. The van der Waals surface area contributed by atoms with Gasteiger partial charge in [0.15, 0.2) is 0 Å². The second-order valence-electron chi connectivity index (χ2n) is 15.3. The van der Waals surface area contributed by atoms with E-state index in [-0.39, 0.29) is 49.0 Å². The predicted octanol–water partition coefficient (Wildman–Crippen LogP) is -1.19. The van der Waals surface area contributed by atoms with Gasteiger partial charge in [-0.05, 0) is 19.3 Å². The van der Waals surface area contributed by atoms with Crippen LogP contribution in [0.1, 0.15) is 89.7 Å². The number of nitrogens with zero attached hydrogens (tertiary/aromatic N) is 4. The molecule has 7 N–H and O–H groups in total. The van der Waals surface area contributed by atoms with Crippen molar-refractivity contribution in [1.29, 1.82) is 0 Å². The Hall–Kier alpha value is -4.38. The number of aliphatic hydroxyl groups is 3. The molecule has 62 heavy (non-hydrogen) atoms. The molecule has 350 valence electrons. The van der Waals surface area contributed by atoms with Gasteiger partial charge in [0.2, 0.25) is 23.6 Å². The Bertz CT molecular complexity index is 1530. The molecule has 21 nitrogen and oxygen atoms in total. The third-order valence-corrected chi connectivity index (χ3v) is 10.2. The molecule has 3 rings (SSSR count). The number of aliphatic hydroxyl groups excluding tert-OH is 3. The minimum absolute atomic E-state index is 0.00523. The van der Waals surface area contributed by atoms with Crippen molar-refractivity contribution < 1.29 is 63.0 Å². The van der Waals surface area contributed by atoms with Crippen LogP contribution in [0.2, 0.25) is 0 Å². The van der Waals surface area contributed by atoms with Crippen molar-refractivity contribution >= 4 is 35.4 Å². The standard InChI is InChI=1S/C41H68N8O13/c1-30(51)45-39-32(62-33(29-50)40(57)41(39)58)27-31-28-48(47-46-31)20-22-60-24-26-61-25-23-59-21-18-44-36(54)13-10-16-42-34(52)11-8-6-4-2-3-5-7-9-12-35(53)43-17-19-49-37(55)14-15-38(49)56/h14-15,28,32-33,39-41,50,57-58H,2-13,16-27,29H2,1H3,(H,42,52)(H,43,53)(H,44,54)(H,45,51)/t32-,33-,39+,40+,41-/m1/s1. The lowest BCUT2D eigenvalue weighted by atomic mass is 9.90. The molecule has 5 atom stereocenters. The average Bonchev–Trinajstić information content (AvgIpc) is 3.83. The van der Waals surface area contributed by atoms with Gasteiger partial charge in [-0.25, -0.2) is 4.68 Å². The first-order valence-corrected chi connectivity index (χ1v) is 21.8. The lowest BCUT2D eigenvalue weighted by molar-refractivity contribution is -0.194. The fraction of sp³-hybridized carbons (Fsp3) is 0.756. The Kier molecular flexibility index (Phi) is 25.7. The molecule has 1 aromatic rings. The second-order valence-corrected chi connectivity index (χ2v) is 15.3. The average molecular weight is 881 g/mol. The third-order valence-electron chi connectivity index (χ3n) is 10.2. The van der Waals surface area contributed by atoms with E-state index in [4.69, 9.17) is 18.9 Å². The summed E-state index contributed by atoms with van der Waals surface area (Å²) in [5.41, 5.74) is 0.541. The maximum absolute atomic E-state index is 12.1. The predicted molar refractivity (Wildman–Crippen MR) is 222 cm³/mol. The third kappa shape index (κ3) is 21.1. The lowest BCUT2D eigenvalue weighted by Crippen LogP contribution is -2.64. The molecule has 3 heterocycles. The van der Waals surface area contributed by atoms with Gasteiger partial charge >= 0.3 is 0 Å². The SMILES string of the molecule is CC(=O)N[C@@H]1[C@@H](O)[C@@H](O)[C@@H](CO)O[C@@H]1Cc1cn(CCOCCOCCOCCNC(=O)CCCNC(=O)CCCCCCCCCCC(=O)NCCN2C(=O)C=CC2=O)nn1. The first-order valence-electron chi connectivity index (χ1n) is 21.8. The molecule has 6 amide bonds. The summed E-state index contributed by atoms with van der Waals surface area (Å²) in [6.45, 7) is 4.67. The number of amides is 6. The van der Waals surface area contributed by atoms with Crippen LogP contribution in [0.3, 0.4) is 0 Å². The number of ether oxygens (including phenoxy) is 4. The number of hydrogen-bond donors (Lipinski definition) is 7. The second kappa shape index (κ2) is 30.6. The van der Waals surface area contributed by atoms with Crippen molar-refractivity contribution in [1.82, 2.24) is 41.2 Å². The normalized spacial score (nSPS) is 19.8. The van der Waals surface area contributed by atoms with Crippen molar-refractivity contribution in [2.75, 3.05) is 72.4 Å². The van der Waals surface area contributed by atoms with Gasteiger partial charge in [0.25, 0.3) is 11.8 Å². The summed E-state index contributed by atoms with van der Waals surface area (Å²) in [6.07, 6.45) is 9.52. The molecule has 0 saturated carbocycles. The van der Waals surface area contributed by atoms with Gasteiger partial charge in [-0.2, -0.15) is 0 Å². The molecule has 0 bridgehead atoms. The Morgan fingerprint density at radius 3 is 1.81 bits per heavy atom. The van der Waals surface area contributed by atoms with Crippen molar-refractivity contribution in [2.45, 2.75) is 127 Å². The molecule has 21 heteroatoms. The molecular weight excluding hydrogens is 812 g/mol. The van der Waals surface area contributed by atoms with Crippen LogP contribution in [0.5, 0.6) is 0 Å². The molecule has 1 aromatic heterocycles. The Balaban J connectivity index is 1.03. The zero-order valence-electron chi connectivity index (χ0n) is 36.0. The monoisotopic (exact) mass is 880 g/mol. The van der Waals surface area contributed by atoms with Crippen molar-refractivity contribution in [3.63, 3.8) is 0 Å². The van der Waals surface area contributed by atoms with E-state index in [0.29, 0.717) is 90.7 Å². The highest BCUT2D eigenvalue weighted by Gasteiger charge is 2.44. The van der Waals surface area contributed by atoms with Crippen LogP contribution >= 0.6 is 0 Å². The number of imide groups is 1. The topological polar surface area (TPSA) is 282 Å². The van der Waals surface area contributed by atoms with Gasteiger partial charge in [-0.3, -0.25) is 33.7 Å². The highest BCUT2D eigenvalue weighted by Crippen LogP contribution is 2.23. The van der Waals surface area contributed by atoms with Gasteiger partial charge < -0.3 is 55.5 Å². The van der Waals surface area contributed by atoms with Crippen LogP contribution in [0.15, 0.2) is 18.3 Å². The Morgan fingerprint density at radius 2 is 1.21 bits per heavy atom. The first kappa shape index (κ1) is 52.0. The van der Waals surface area contributed by atoms with Gasteiger partial charge in [-0.1, -0.05) is 43.7 Å². The number of hydrogen-bond acceptors (Lipinski definition) is 15. The van der Waals surface area contributed by atoms with E-state index >= 15 is 0 Å². The van der Waals surface area contributed by atoms with Crippen molar-refractivity contribution in [3.05, 3.63) is 24.0 Å². The summed E-state index contributed by atoms with van der Waals surface area (Å²) in [4.78, 5) is 71.9. The fourth-order valence-electron chi connectivity index (χ4n) is 6.82. The minimum atomic E-state index is -1.35. The number of unbranched alkanes of at least 4 members (excludes halogenated alkanes) is 7. The molecule has 0 aliphatic carbocycles. The summed E-state index contributed by atoms with van der Waals surface area (Å²) in [7, 11) is 0. The molecular formula is C41H68N8O13. The van der Waals surface area contributed by atoms with E-state index in [1.54, 1.807) is 10.9 Å². The maximum atomic E-state index is 12.1.